The summed E-state index contributed by atoms with van der Waals surface area (Å²) in [6.07, 6.45) is 0. The van der Waals surface area contributed by atoms with Gasteiger partial charge in [0.15, 0.2) is 0 Å². The zero-order valence-electron chi connectivity index (χ0n) is 17.8. The van der Waals surface area contributed by atoms with Crippen LogP contribution in [-0.4, -0.2) is 11.9 Å². The maximum atomic E-state index is 12.0. The lowest BCUT2D eigenvalue weighted by molar-refractivity contribution is -0.143. The third kappa shape index (κ3) is 5.69. The van der Waals surface area contributed by atoms with E-state index in [4.69, 9.17) is 9.47 Å². The van der Waals surface area contributed by atoms with Crippen LogP contribution < -0.4 is 9.47 Å². The van der Waals surface area contributed by atoms with Gasteiger partial charge in [-0.25, -0.2) is 0 Å². The first kappa shape index (κ1) is 21.7. The van der Waals surface area contributed by atoms with E-state index in [2.05, 4.69) is 6.92 Å². The molecule has 0 aromatic heterocycles. The van der Waals surface area contributed by atoms with Crippen LogP contribution in [0.25, 0.3) is 0 Å². The zero-order valence-corrected chi connectivity index (χ0v) is 17.8. The van der Waals surface area contributed by atoms with Gasteiger partial charge in [-0.15, -0.1) is 0 Å². The molecule has 0 atom stereocenters. The Hall–Kier alpha value is -2.62. The summed E-state index contributed by atoms with van der Waals surface area (Å²) in [5.74, 6) is 0.725. The van der Waals surface area contributed by atoms with Gasteiger partial charge in [-0.2, -0.15) is 0 Å². The molecule has 0 aliphatic rings. The molecular formula is C24H30O4. The van der Waals surface area contributed by atoms with Crippen molar-refractivity contribution >= 4 is 11.9 Å². The van der Waals surface area contributed by atoms with Crippen molar-refractivity contribution in [2.75, 3.05) is 0 Å². The Morgan fingerprint density at radius 2 is 0.929 bits per heavy atom. The minimum atomic E-state index is -0.538. The molecule has 0 radical (unpaired) electrons. The molecule has 2 rings (SSSR count). The molecule has 0 amide bonds. The summed E-state index contributed by atoms with van der Waals surface area (Å²) in [6.45, 7) is 13.1. The number of rotatable bonds is 4. The van der Waals surface area contributed by atoms with Crippen molar-refractivity contribution in [2.45, 2.75) is 54.4 Å². The average molecular weight is 383 g/mol. The number of esters is 2. The molecule has 0 bridgehead atoms. The van der Waals surface area contributed by atoms with Gasteiger partial charge in [0.25, 0.3) is 0 Å². The summed E-state index contributed by atoms with van der Waals surface area (Å²) in [7, 11) is 0. The summed E-state index contributed by atoms with van der Waals surface area (Å²) in [5, 5.41) is 0. The van der Waals surface area contributed by atoms with E-state index in [0.29, 0.717) is 11.5 Å². The molecule has 0 aliphatic carbocycles. The highest BCUT2D eigenvalue weighted by Gasteiger charge is 2.24. The SMILES string of the molecule is CC(c1ccc(OC(=O)C(C)(C)C)cc1)c1ccc(OC(=O)C(C)(C)C)cc1. The number of carbonyl (C=O) groups excluding carboxylic acids is 2. The van der Waals surface area contributed by atoms with Gasteiger partial charge in [-0.3, -0.25) is 9.59 Å². The summed E-state index contributed by atoms with van der Waals surface area (Å²) in [5.41, 5.74) is 1.14. The largest absolute Gasteiger partial charge is 0.426 e. The van der Waals surface area contributed by atoms with Crippen LogP contribution in [-0.2, 0) is 9.59 Å². The van der Waals surface area contributed by atoms with E-state index < -0.39 is 10.8 Å². The van der Waals surface area contributed by atoms with Crippen LogP contribution in [0.3, 0.4) is 0 Å². The van der Waals surface area contributed by atoms with E-state index in [1.807, 2.05) is 90.1 Å². The highest BCUT2D eigenvalue weighted by atomic mass is 16.5. The van der Waals surface area contributed by atoms with Gasteiger partial charge in [0.2, 0.25) is 0 Å². The number of hydrogen-bond acceptors (Lipinski definition) is 4. The summed E-state index contributed by atoms with van der Waals surface area (Å²) >= 11 is 0. The van der Waals surface area contributed by atoms with Crippen LogP contribution in [0.2, 0.25) is 0 Å². The lowest BCUT2D eigenvalue weighted by Gasteiger charge is -2.18. The van der Waals surface area contributed by atoms with E-state index in [0.717, 1.165) is 11.1 Å². The Morgan fingerprint density at radius 3 is 1.18 bits per heavy atom. The predicted molar refractivity (Wildman–Crippen MR) is 111 cm³/mol. The van der Waals surface area contributed by atoms with Crippen molar-refractivity contribution in [1.82, 2.24) is 0 Å². The van der Waals surface area contributed by atoms with Gasteiger partial charge < -0.3 is 9.47 Å². The van der Waals surface area contributed by atoms with Gasteiger partial charge in [0.05, 0.1) is 10.8 Å². The number of benzene rings is 2. The van der Waals surface area contributed by atoms with Crippen LogP contribution in [0.4, 0.5) is 0 Å². The molecule has 0 fully saturated rings. The van der Waals surface area contributed by atoms with Crippen molar-refractivity contribution in [3.63, 3.8) is 0 Å². The van der Waals surface area contributed by atoms with E-state index in [-0.39, 0.29) is 17.9 Å². The lowest BCUT2D eigenvalue weighted by Crippen LogP contribution is -2.25. The Balaban J connectivity index is 2.06. The number of ether oxygens (including phenoxy) is 2. The third-order valence-electron chi connectivity index (χ3n) is 4.41. The molecule has 0 heterocycles. The summed E-state index contributed by atoms with van der Waals surface area (Å²) in [6, 6.07) is 15.1. The fourth-order valence-corrected chi connectivity index (χ4v) is 2.36. The standard InChI is InChI=1S/C24H30O4/c1-16(17-8-12-19(13-9-17)27-21(25)23(2,3)4)18-10-14-20(15-11-18)28-22(26)24(5,6)7/h8-16H,1-7H3. The van der Waals surface area contributed by atoms with E-state index in [1.54, 1.807) is 0 Å². The van der Waals surface area contributed by atoms with Crippen molar-refractivity contribution in [3.8, 4) is 11.5 Å². The second-order valence-corrected chi connectivity index (χ2v) is 9.14. The van der Waals surface area contributed by atoms with Crippen LogP contribution >= 0.6 is 0 Å². The fraction of sp³-hybridized carbons (Fsp3) is 0.417. The number of carbonyl (C=O) groups is 2. The van der Waals surface area contributed by atoms with Crippen LogP contribution in [0, 0.1) is 10.8 Å². The van der Waals surface area contributed by atoms with Crippen molar-refractivity contribution < 1.29 is 19.1 Å². The Morgan fingerprint density at radius 1 is 0.643 bits per heavy atom. The van der Waals surface area contributed by atoms with Gasteiger partial charge in [-0.1, -0.05) is 31.2 Å². The maximum Gasteiger partial charge on any atom is 0.316 e. The van der Waals surface area contributed by atoms with Crippen LogP contribution in [0.5, 0.6) is 11.5 Å². The Labute approximate surface area is 167 Å². The molecular weight excluding hydrogens is 352 g/mol. The van der Waals surface area contributed by atoms with Gasteiger partial charge in [0, 0.05) is 5.92 Å². The van der Waals surface area contributed by atoms with E-state index in [1.165, 1.54) is 0 Å². The zero-order chi connectivity index (χ0) is 21.1. The Bertz CT molecular complexity index is 747. The van der Waals surface area contributed by atoms with Crippen molar-refractivity contribution in [3.05, 3.63) is 59.7 Å². The molecule has 0 aliphatic heterocycles. The first-order chi connectivity index (χ1) is 12.9. The maximum absolute atomic E-state index is 12.0. The molecule has 2 aromatic carbocycles. The van der Waals surface area contributed by atoms with Crippen molar-refractivity contribution in [2.24, 2.45) is 10.8 Å². The number of hydrogen-bond donors (Lipinski definition) is 0. The quantitative estimate of drug-likeness (QED) is 0.500. The molecule has 0 saturated carbocycles. The molecule has 2 aromatic rings. The minimum Gasteiger partial charge on any atom is -0.426 e. The van der Waals surface area contributed by atoms with Gasteiger partial charge in [-0.05, 0) is 76.9 Å². The second kappa shape index (κ2) is 8.17. The van der Waals surface area contributed by atoms with Gasteiger partial charge >= 0.3 is 11.9 Å². The molecule has 4 heteroatoms. The smallest absolute Gasteiger partial charge is 0.316 e. The van der Waals surface area contributed by atoms with Crippen LogP contribution in [0.15, 0.2) is 48.5 Å². The van der Waals surface area contributed by atoms with E-state index in [9.17, 15) is 9.59 Å². The fourth-order valence-electron chi connectivity index (χ4n) is 2.36. The lowest BCUT2D eigenvalue weighted by atomic mass is 9.93. The highest BCUT2D eigenvalue weighted by Crippen LogP contribution is 2.28. The molecule has 0 saturated heterocycles. The third-order valence-corrected chi connectivity index (χ3v) is 4.41. The first-order valence-electron chi connectivity index (χ1n) is 9.52. The predicted octanol–water partition coefficient (Wildman–Crippen LogP) is 5.74. The Kier molecular flexibility index (Phi) is 6.33. The molecule has 0 N–H and O–H groups in total. The summed E-state index contributed by atoms with van der Waals surface area (Å²) in [4.78, 5) is 24.0. The molecule has 4 nitrogen and oxygen atoms in total. The monoisotopic (exact) mass is 382 g/mol. The topological polar surface area (TPSA) is 52.6 Å². The second-order valence-electron chi connectivity index (χ2n) is 9.14. The highest BCUT2D eigenvalue weighted by molar-refractivity contribution is 5.78. The summed E-state index contributed by atoms with van der Waals surface area (Å²) < 4.78 is 10.8. The van der Waals surface area contributed by atoms with Crippen molar-refractivity contribution in [1.29, 1.82) is 0 Å². The van der Waals surface area contributed by atoms with Gasteiger partial charge in [0.1, 0.15) is 11.5 Å². The molecule has 28 heavy (non-hydrogen) atoms. The first-order valence-corrected chi connectivity index (χ1v) is 9.52. The minimum absolute atomic E-state index is 0.153. The molecule has 150 valence electrons. The normalized spacial score (nSPS) is 12.0. The van der Waals surface area contributed by atoms with E-state index >= 15 is 0 Å². The average Bonchev–Trinajstić information content (AvgIpc) is 2.61. The molecule has 0 spiro atoms. The van der Waals surface area contributed by atoms with Crippen LogP contribution in [0.1, 0.15) is 65.5 Å². The molecule has 0 unspecified atom stereocenters.